The molecule has 0 unspecified atom stereocenters. The SMILES string of the molecule is CC(C)(C)Oc1cc(C(=O)CC(=O)O)ccc1C1=N[C@@H](c2ccc(Cl)cc2)[C@@H](c2ccon2)N1C(=O)N1CCNC(=O)C1. The zero-order chi connectivity index (χ0) is 30.9. The number of piperazine rings is 1. The van der Waals surface area contributed by atoms with E-state index in [1.165, 1.54) is 28.2 Å². The van der Waals surface area contributed by atoms with Crippen LogP contribution in [0.2, 0.25) is 5.02 Å². The summed E-state index contributed by atoms with van der Waals surface area (Å²) in [6.07, 6.45) is 0.712. The number of halogens is 1. The fraction of sp³-hybridized carbons (Fsp3) is 0.333. The molecule has 13 heteroatoms. The van der Waals surface area contributed by atoms with Gasteiger partial charge in [-0.3, -0.25) is 24.3 Å². The molecule has 12 nitrogen and oxygen atoms in total. The van der Waals surface area contributed by atoms with Gasteiger partial charge in [-0.2, -0.15) is 0 Å². The van der Waals surface area contributed by atoms with Gasteiger partial charge in [0.2, 0.25) is 5.91 Å². The van der Waals surface area contributed by atoms with Crippen LogP contribution in [0.1, 0.15) is 66.5 Å². The van der Waals surface area contributed by atoms with Gasteiger partial charge in [0.25, 0.3) is 0 Å². The number of hydrogen-bond acceptors (Lipinski definition) is 8. The number of carbonyl (C=O) groups excluding carboxylic acids is 3. The second-order valence-electron chi connectivity index (χ2n) is 11.2. The molecule has 1 fully saturated rings. The zero-order valence-electron chi connectivity index (χ0n) is 23.7. The molecule has 2 aliphatic rings. The molecule has 43 heavy (non-hydrogen) atoms. The summed E-state index contributed by atoms with van der Waals surface area (Å²) >= 11 is 6.17. The van der Waals surface area contributed by atoms with Gasteiger partial charge in [-0.15, -0.1) is 0 Å². The Hall–Kier alpha value is -4.71. The van der Waals surface area contributed by atoms with Crippen LogP contribution in [0.4, 0.5) is 4.79 Å². The average molecular weight is 608 g/mol. The van der Waals surface area contributed by atoms with Gasteiger partial charge >= 0.3 is 12.0 Å². The van der Waals surface area contributed by atoms with Gasteiger partial charge in [-0.05, 0) is 50.6 Å². The van der Waals surface area contributed by atoms with E-state index in [0.717, 1.165) is 5.56 Å². The van der Waals surface area contributed by atoms with Gasteiger partial charge in [0.1, 0.15) is 54.2 Å². The average Bonchev–Trinajstić information content (AvgIpc) is 3.60. The number of Topliss-reactive ketones (excluding diaryl/α,β-unsaturated/α-hetero) is 1. The lowest BCUT2D eigenvalue weighted by atomic mass is 9.97. The molecular weight excluding hydrogens is 578 g/mol. The van der Waals surface area contributed by atoms with Crippen molar-refractivity contribution in [1.82, 2.24) is 20.3 Å². The molecule has 224 valence electrons. The molecule has 2 atom stereocenters. The van der Waals surface area contributed by atoms with E-state index in [2.05, 4.69) is 10.5 Å². The summed E-state index contributed by atoms with van der Waals surface area (Å²) in [5.74, 6) is -1.69. The summed E-state index contributed by atoms with van der Waals surface area (Å²) in [5, 5.41) is 16.6. The minimum absolute atomic E-state index is 0.136. The topological polar surface area (TPSA) is 155 Å². The second-order valence-corrected chi connectivity index (χ2v) is 11.6. The van der Waals surface area contributed by atoms with Crippen LogP contribution >= 0.6 is 11.6 Å². The Balaban J connectivity index is 1.69. The lowest BCUT2D eigenvalue weighted by Crippen LogP contribution is -2.55. The Bertz CT molecular complexity index is 1580. The normalized spacial score (nSPS) is 18.7. The van der Waals surface area contributed by atoms with Crippen molar-refractivity contribution in [2.24, 2.45) is 4.99 Å². The van der Waals surface area contributed by atoms with E-state index in [0.29, 0.717) is 22.8 Å². The molecule has 2 aromatic carbocycles. The summed E-state index contributed by atoms with van der Waals surface area (Å²) < 4.78 is 11.4. The smallest absolute Gasteiger partial charge is 0.326 e. The van der Waals surface area contributed by atoms with Crippen LogP contribution in [0, 0.1) is 0 Å². The van der Waals surface area contributed by atoms with Gasteiger partial charge in [-0.1, -0.05) is 35.0 Å². The first-order chi connectivity index (χ1) is 20.4. The predicted molar refractivity (Wildman–Crippen MR) is 155 cm³/mol. The fourth-order valence-electron chi connectivity index (χ4n) is 5.02. The predicted octanol–water partition coefficient (Wildman–Crippen LogP) is 4.26. The van der Waals surface area contributed by atoms with Crippen LogP contribution in [0.3, 0.4) is 0 Å². The van der Waals surface area contributed by atoms with E-state index in [1.807, 2.05) is 32.9 Å². The standard InChI is InChI=1S/C30H30ClN5O7/c1-30(2,3)43-23-14-18(22(37)15-25(39)40)6-9-20(23)28-33-26(17-4-7-19(31)8-5-17)27(21-10-13-42-34-21)36(28)29(41)35-12-11-32-24(38)16-35/h4-10,13-14,26-27H,11-12,15-16H2,1-3H3,(H,32,38)(H,39,40)/t26-,27+/m0/s1. The number of carboxylic acid groups (broad SMARTS) is 1. The van der Waals surface area contributed by atoms with E-state index >= 15 is 0 Å². The molecule has 2 aliphatic heterocycles. The highest BCUT2D eigenvalue weighted by molar-refractivity contribution is 6.30. The molecule has 3 amide bonds. The van der Waals surface area contributed by atoms with Crippen LogP contribution in [-0.2, 0) is 9.59 Å². The molecule has 3 aromatic rings. The molecular formula is C30H30ClN5O7. The number of ketones is 1. The van der Waals surface area contributed by atoms with Gasteiger partial charge in [0, 0.05) is 29.7 Å². The molecule has 5 rings (SSSR count). The third-order valence-corrected chi connectivity index (χ3v) is 7.08. The Labute approximate surface area is 252 Å². The number of nitrogens with zero attached hydrogens (tertiary/aromatic N) is 4. The molecule has 0 spiro atoms. The number of rotatable bonds is 7. The van der Waals surface area contributed by atoms with Crippen molar-refractivity contribution in [3.05, 3.63) is 82.2 Å². The minimum Gasteiger partial charge on any atom is -0.487 e. The van der Waals surface area contributed by atoms with Crippen LogP contribution < -0.4 is 10.1 Å². The summed E-state index contributed by atoms with van der Waals surface area (Å²) in [6, 6.07) is 11.3. The lowest BCUT2D eigenvalue weighted by Gasteiger charge is -2.35. The third-order valence-electron chi connectivity index (χ3n) is 6.83. The third kappa shape index (κ3) is 6.54. The van der Waals surface area contributed by atoms with E-state index in [1.54, 1.807) is 24.3 Å². The number of aliphatic carboxylic acids is 1. The van der Waals surface area contributed by atoms with Crippen molar-refractivity contribution < 1.29 is 33.5 Å². The highest BCUT2D eigenvalue weighted by Gasteiger charge is 2.46. The number of hydrogen-bond donors (Lipinski definition) is 2. The maximum atomic E-state index is 14.3. The second kappa shape index (κ2) is 11.9. The lowest BCUT2D eigenvalue weighted by molar-refractivity contribution is -0.136. The number of nitrogens with one attached hydrogen (secondary N) is 1. The molecule has 1 aromatic heterocycles. The van der Waals surface area contributed by atoms with Crippen LogP contribution in [0.5, 0.6) is 5.75 Å². The number of benzene rings is 2. The van der Waals surface area contributed by atoms with Crippen molar-refractivity contribution in [1.29, 1.82) is 0 Å². The summed E-state index contributed by atoms with van der Waals surface area (Å²) in [4.78, 5) is 58.4. The van der Waals surface area contributed by atoms with Crippen molar-refractivity contribution in [2.75, 3.05) is 19.6 Å². The van der Waals surface area contributed by atoms with E-state index < -0.39 is 41.9 Å². The Morgan fingerprint density at radius 2 is 1.88 bits per heavy atom. The van der Waals surface area contributed by atoms with Crippen LogP contribution in [-0.4, -0.2) is 74.8 Å². The number of amides is 3. The largest absolute Gasteiger partial charge is 0.487 e. The number of aliphatic imine (C=N–C) groups is 1. The number of carbonyl (C=O) groups is 4. The monoisotopic (exact) mass is 607 g/mol. The van der Waals surface area contributed by atoms with Gasteiger partial charge in [0.15, 0.2) is 5.78 Å². The maximum Gasteiger partial charge on any atom is 0.326 e. The number of aromatic nitrogens is 1. The summed E-state index contributed by atoms with van der Waals surface area (Å²) in [6.45, 7) is 5.89. The molecule has 0 radical (unpaired) electrons. The van der Waals surface area contributed by atoms with Gasteiger partial charge in [0.05, 0.1) is 5.56 Å². The Morgan fingerprint density at radius 3 is 2.51 bits per heavy atom. The van der Waals surface area contributed by atoms with E-state index in [-0.39, 0.29) is 36.1 Å². The highest BCUT2D eigenvalue weighted by Crippen LogP contribution is 2.45. The zero-order valence-corrected chi connectivity index (χ0v) is 24.5. The Kier molecular flexibility index (Phi) is 8.23. The number of carboxylic acids is 1. The number of ether oxygens (including phenoxy) is 1. The van der Waals surface area contributed by atoms with Gasteiger partial charge < -0.3 is 24.6 Å². The molecule has 0 saturated carbocycles. The molecule has 3 heterocycles. The van der Waals surface area contributed by atoms with Crippen LogP contribution in [0.25, 0.3) is 0 Å². The Morgan fingerprint density at radius 1 is 1.14 bits per heavy atom. The highest BCUT2D eigenvalue weighted by atomic mass is 35.5. The van der Waals surface area contributed by atoms with Crippen molar-refractivity contribution in [3.63, 3.8) is 0 Å². The van der Waals surface area contributed by atoms with Crippen molar-refractivity contribution >= 4 is 41.1 Å². The van der Waals surface area contributed by atoms with Gasteiger partial charge in [-0.25, -0.2) is 4.79 Å². The molecule has 0 bridgehead atoms. The van der Waals surface area contributed by atoms with Crippen molar-refractivity contribution in [3.8, 4) is 5.75 Å². The summed E-state index contributed by atoms with van der Waals surface area (Å²) in [7, 11) is 0. The minimum atomic E-state index is -1.25. The molecule has 1 saturated heterocycles. The maximum absolute atomic E-state index is 14.3. The van der Waals surface area contributed by atoms with E-state index in [9.17, 15) is 24.3 Å². The van der Waals surface area contributed by atoms with Crippen LogP contribution in [0.15, 0.2) is 64.3 Å². The number of amidine groups is 1. The fourth-order valence-corrected chi connectivity index (χ4v) is 5.15. The van der Waals surface area contributed by atoms with Crippen molar-refractivity contribution in [2.45, 2.75) is 44.9 Å². The first-order valence-electron chi connectivity index (χ1n) is 13.6. The first-order valence-corrected chi connectivity index (χ1v) is 14.0. The molecule has 0 aliphatic carbocycles. The quantitative estimate of drug-likeness (QED) is 0.298. The summed E-state index contributed by atoms with van der Waals surface area (Å²) in [5.41, 5.74) is 0.968. The van der Waals surface area contributed by atoms with E-state index in [4.69, 9.17) is 25.9 Å². The number of urea groups is 1. The molecule has 2 N–H and O–H groups in total. The first kappa shape index (κ1) is 29.8.